The van der Waals surface area contributed by atoms with E-state index in [0.717, 1.165) is 12.5 Å². The van der Waals surface area contributed by atoms with Crippen LogP contribution in [0.25, 0.3) is 0 Å². The molecule has 4 aliphatic rings. The van der Waals surface area contributed by atoms with E-state index in [9.17, 15) is 9.59 Å². The van der Waals surface area contributed by atoms with Gasteiger partial charge in [-0.1, -0.05) is 32.1 Å². The second-order valence-electron chi connectivity index (χ2n) is 7.50. The van der Waals surface area contributed by atoms with Gasteiger partial charge in [0.05, 0.1) is 30.4 Å². The van der Waals surface area contributed by atoms with Crippen molar-refractivity contribution < 1.29 is 33.6 Å². The molecule has 1 N–H and O–H groups in total. The second-order valence-corrected chi connectivity index (χ2v) is 7.50. The van der Waals surface area contributed by atoms with Gasteiger partial charge in [-0.15, -0.1) is 0 Å². The first-order valence-electron chi connectivity index (χ1n) is 9.59. The Bertz CT molecular complexity index is 715. The molecule has 2 saturated heterocycles. The van der Waals surface area contributed by atoms with E-state index < -0.39 is 11.9 Å². The van der Waals surface area contributed by atoms with Crippen LogP contribution < -0.4 is 4.74 Å². The minimum atomic E-state index is -1.18. The minimum Gasteiger partial charge on any atom is -0.478 e. The van der Waals surface area contributed by atoms with Crippen LogP contribution in [-0.2, 0) is 14.2 Å². The number of benzene rings is 1. The van der Waals surface area contributed by atoms with Crippen molar-refractivity contribution >= 4 is 11.9 Å². The summed E-state index contributed by atoms with van der Waals surface area (Å²) in [6.07, 6.45) is 9.34. The Morgan fingerprint density at radius 3 is 2.22 bits per heavy atom. The van der Waals surface area contributed by atoms with Crippen molar-refractivity contribution in [3.05, 3.63) is 23.3 Å². The number of carbonyl (C=O) groups excluding carboxylic acids is 1. The summed E-state index contributed by atoms with van der Waals surface area (Å²) < 4.78 is 20.0. The quantitative estimate of drug-likeness (QED) is 0.609. The third kappa shape index (κ3) is 5.20. The van der Waals surface area contributed by atoms with Crippen molar-refractivity contribution in [1.29, 1.82) is 0 Å². The summed E-state index contributed by atoms with van der Waals surface area (Å²) in [5, 5.41) is 8.96. The number of aromatic carboxylic acids is 1. The molecule has 1 aromatic rings. The van der Waals surface area contributed by atoms with Gasteiger partial charge in [0, 0.05) is 12.1 Å². The summed E-state index contributed by atoms with van der Waals surface area (Å²) in [5.41, 5.74) is -0.0997. The van der Waals surface area contributed by atoms with Crippen molar-refractivity contribution in [3.8, 4) is 11.5 Å². The minimum absolute atomic E-state index is 0.00870. The molecule has 2 unspecified atom stereocenters. The molecule has 3 fully saturated rings. The van der Waals surface area contributed by atoms with E-state index in [0.29, 0.717) is 24.2 Å². The summed E-state index contributed by atoms with van der Waals surface area (Å²) in [6.45, 7) is 1.78. The molecule has 146 valence electrons. The summed E-state index contributed by atoms with van der Waals surface area (Å²) in [5.74, 6) is 0.171. The molecule has 7 heteroatoms. The summed E-state index contributed by atoms with van der Waals surface area (Å²) >= 11 is 0. The Morgan fingerprint density at radius 2 is 1.63 bits per heavy atom. The van der Waals surface area contributed by atoms with Gasteiger partial charge in [-0.3, -0.25) is 0 Å². The van der Waals surface area contributed by atoms with Crippen LogP contribution in [0.15, 0.2) is 12.1 Å². The van der Waals surface area contributed by atoms with Crippen molar-refractivity contribution in [2.24, 2.45) is 5.92 Å². The highest BCUT2D eigenvalue weighted by atomic mass is 16.6. The van der Waals surface area contributed by atoms with Crippen molar-refractivity contribution in [2.45, 2.75) is 50.7 Å². The monoisotopic (exact) mass is 376 g/mol. The number of hydrogen-bond acceptors (Lipinski definition) is 6. The molecule has 1 aliphatic carbocycles. The number of hydrogen-bond donors (Lipinski definition) is 1. The molecule has 0 bridgehead atoms. The number of ether oxygens (including phenoxy) is 4. The van der Waals surface area contributed by atoms with Crippen LogP contribution in [0.5, 0.6) is 11.5 Å². The van der Waals surface area contributed by atoms with Gasteiger partial charge in [0.25, 0.3) is 0 Å². The average Bonchev–Trinajstić information content (AvgIpc) is 3.53. The Morgan fingerprint density at radius 1 is 1.00 bits per heavy atom. The average molecular weight is 376 g/mol. The SMILES string of the molecule is C1CCC(CC2CO2)CC1.O=C(O)c1cc2c(cc1C(=O)OCC1CO1)O2. The van der Waals surface area contributed by atoms with E-state index in [1.807, 2.05) is 0 Å². The van der Waals surface area contributed by atoms with Crippen molar-refractivity contribution in [3.63, 3.8) is 0 Å². The summed E-state index contributed by atoms with van der Waals surface area (Å²) in [7, 11) is 0. The zero-order chi connectivity index (χ0) is 18.8. The van der Waals surface area contributed by atoms with Gasteiger partial charge >= 0.3 is 11.9 Å². The maximum atomic E-state index is 11.7. The third-order valence-corrected chi connectivity index (χ3v) is 5.24. The molecule has 0 spiro atoms. The normalized spacial score (nSPS) is 24.6. The fourth-order valence-corrected chi connectivity index (χ4v) is 3.47. The van der Waals surface area contributed by atoms with Gasteiger partial charge in [-0.05, 0) is 12.3 Å². The van der Waals surface area contributed by atoms with Gasteiger partial charge in [-0.2, -0.15) is 0 Å². The largest absolute Gasteiger partial charge is 0.478 e. The first kappa shape index (κ1) is 18.3. The third-order valence-electron chi connectivity index (χ3n) is 5.24. The van der Waals surface area contributed by atoms with E-state index in [4.69, 9.17) is 24.1 Å². The second kappa shape index (κ2) is 7.86. The van der Waals surface area contributed by atoms with Gasteiger partial charge in [0.15, 0.2) is 11.5 Å². The van der Waals surface area contributed by atoms with E-state index >= 15 is 0 Å². The van der Waals surface area contributed by atoms with E-state index in [-0.39, 0.29) is 23.8 Å². The number of carboxylic acid groups (broad SMARTS) is 1. The first-order chi connectivity index (χ1) is 13.1. The van der Waals surface area contributed by atoms with E-state index in [1.54, 1.807) is 0 Å². The Kier molecular flexibility index (Phi) is 5.31. The standard InChI is InChI=1S/C11H8O6.C9H16O/c12-10(13)6-1-8-9(17-8)2-7(6)11(14)16-4-5-3-15-5;1-2-4-8(5-3-1)6-9-7-10-9/h1-2,5H,3-4H2,(H,12,13);8-9H,1-7H2. The van der Waals surface area contributed by atoms with Crippen molar-refractivity contribution in [2.75, 3.05) is 19.8 Å². The van der Waals surface area contributed by atoms with Gasteiger partial charge < -0.3 is 24.1 Å². The molecular weight excluding hydrogens is 352 g/mol. The van der Waals surface area contributed by atoms with Crippen LogP contribution in [0.2, 0.25) is 0 Å². The Balaban J connectivity index is 0.000000153. The number of esters is 1. The number of carbonyl (C=O) groups is 2. The fourth-order valence-electron chi connectivity index (χ4n) is 3.47. The number of epoxide rings is 2. The van der Waals surface area contributed by atoms with Crippen LogP contribution in [-0.4, -0.2) is 49.1 Å². The maximum absolute atomic E-state index is 11.7. The highest BCUT2D eigenvalue weighted by Gasteiger charge is 2.31. The molecule has 3 aliphatic heterocycles. The smallest absolute Gasteiger partial charge is 0.339 e. The zero-order valence-corrected chi connectivity index (χ0v) is 15.1. The van der Waals surface area contributed by atoms with Crippen LogP contribution in [0.3, 0.4) is 0 Å². The molecule has 0 aromatic heterocycles. The zero-order valence-electron chi connectivity index (χ0n) is 15.1. The Labute approximate surface area is 157 Å². The maximum Gasteiger partial charge on any atom is 0.339 e. The van der Waals surface area contributed by atoms with Crippen LogP contribution >= 0.6 is 0 Å². The number of fused-ring (bicyclic) bond motifs is 1. The first-order valence-corrected chi connectivity index (χ1v) is 9.59. The molecule has 5 rings (SSSR count). The van der Waals surface area contributed by atoms with E-state index in [2.05, 4.69) is 0 Å². The lowest BCUT2D eigenvalue weighted by Gasteiger charge is -2.20. The number of carboxylic acids is 1. The molecule has 1 aromatic carbocycles. The Hall–Kier alpha value is -2.12. The molecule has 7 nitrogen and oxygen atoms in total. The van der Waals surface area contributed by atoms with E-state index in [1.165, 1.54) is 50.7 Å². The molecule has 0 radical (unpaired) electrons. The molecule has 2 atom stereocenters. The van der Waals surface area contributed by atoms with Gasteiger partial charge in [0.1, 0.15) is 12.7 Å². The molecule has 27 heavy (non-hydrogen) atoms. The van der Waals surface area contributed by atoms with Crippen LogP contribution in [0, 0.1) is 5.92 Å². The predicted octanol–water partition coefficient (Wildman–Crippen LogP) is 3.40. The predicted molar refractivity (Wildman–Crippen MR) is 94.4 cm³/mol. The lowest BCUT2D eigenvalue weighted by atomic mass is 9.86. The molecular formula is C20H24O7. The highest BCUT2D eigenvalue weighted by molar-refractivity contribution is 6.04. The summed E-state index contributed by atoms with van der Waals surface area (Å²) in [6, 6.07) is 2.71. The molecule has 3 heterocycles. The highest BCUT2D eigenvalue weighted by Crippen LogP contribution is 2.46. The number of rotatable bonds is 6. The lowest BCUT2D eigenvalue weighted by Crippen LogP contribution is -2.13. The molecule has 0 amide bonds. The van der Waals surface area contributed by atoms with Crippen molar-refractivity contribution in [1.82, 2.24) is 0 Å². The summed E-state index contributed by atoms with van der Waals surface area (Å²) in [4.78, 5) is 22.6. The molecule has 1 saturated carbocycles. The fraction of sp³-hybridized carbons (Fsp3) is 0.600. The topological polar surface area (TPSA) is 101 Å². The van der Waals surface area contributed by atoms with Gasteiger partial charge in [-0.25, -0.2) is 9.59 Å². The van der Waals surface area contributed by atoms with Gasteiger partial charge in [0.2, 0.25) is 0 Å². The lowest BCUT2D eigenvalue weighted by molar-refractivity contribution is 0.0467. The van der Waals surface area contributed by atoms with Crippen LogP contribution in [0.4, 0.5) is 0 Å². The van der Waals surface area contributed by atoms with Crippen LogP contribution in [0.1, 0.15) is 59.2 Å².